The Kier molecular flexibility index (Phi) is 9.52. The average molecular weight is 541 g/mol. The van der Waals surface area contributed by atoms with E-state index in [1.807, 2.05) is 73.1 Å². The van der Waals surface area contributed by atoms with Gasteiger partial charge < -0.3 is 14.2 Å². The van der Waals surface area contributed by atoms with Crippen molar-refractivity contribution in [1.29, 1.82) is 0 Å². The summed E-state index contributed by atoms with van der Waals surface area (Å²) in [7, 11) is 1.61. The third-order valence-electron chi connectivity index (χ3n) is 6.19. The molecule has 2 aliphatic heterocycles. The number of hydrazone groups is 1. The van der Waals surface area contributed by atoms with Crippen molar-refractivity contribution in [2.45, 2.75) is 46.3 Å². The number of hydrogen-bond acceptors (Lipinski definition) is 8. The third kappa shape index (κ3) is 6.79. The first-order chi connectivity index (χ1) is 18.4. The van der Waals surface area contributed by atoms with Crippen LogP contribution in [0.4, 0.5) is 10.5 Å². The Hall–Kier alpha value is -3.24. The number of hydrazine groups is 1. The molecule has 2 amide bonds. The lowest BCUT2D eigenvalue weighted by Gasteiger charge is -2.36. The Morgan fingerprint density at radius 3 is 2.47 bits per heavy atom. The highest BCUT2D eigenvalue weighted by molar-refractivity contribution is 7.99. The predicted molar refractivity (Wildman–Crippen MR) is 150 cm³/mol. The molecular formula is C28H36N4O5S. The van der Waals surface area contributed by atoms with Crippen LogP contribution in [0.5, 0.6) is 11.5 Å². The minimum absolute atomic E-state index is 0.00190. The third-order valence-corrected chi connectivity index (χ3v) is 7.13. The molecule has 0 radical (unpaired) electrons. The molecule has 0 spiro atoms. The van der Waals surface area contributed by atoms with Gasteiger partial charge in [-0.2, -0.15) is 16.9 Å². The number of carbonyl (C=O) groups is 2. The summed E-state index contributed by atoms with van der Waals surface area (Å²) in [5.74, 6) is 3.21. The number of hydrogen-bond donors (Lipinski definition) is 0. The Labute approximate surface area is 228 Å². The Bertz CT molecular complexity index is 1150. The van der Waals surface area contributed by atoms with E-state index in [0.717, 1.165) is 47.1 Å². The summed E-state index contributed by atoms with van der Waals surface area (Å²) < 4.78 is 16.7. The standard InChI is InChI=1S/C28H36N4O5S/c1-5-36-28(34)32(30-14-16-38-17-15-30)23-9-6-21(7-10-23)19-31-27(33)13-11-24(29-31)22-8-12-25(35-4)26(18-22)37-20(2)3/h6-10,12,18,20H,5,11,13-17,19H2,1-4H3. The Morgan fingerprint density at radius 2 is 1.82 bits per heavy atom. The number of methoxy groups -OCH3 is 1. The molecule has 0 aliphatic carbocycles. The van der Waals surface area contributed by atoms with Gasteiger partial charge in [0.2, 0.25) is 5.91 Å². The van der Waals surface area contributed by atoms with Gasteiger partial charge in [-0.3, -0.25) is 4.79 Å². The van der Waals surface area contributed by atoms with Crippen LogP contribution in [0.2, 0.25) is 0 Å². The molecular weight excluding hydrogens is 504 g/mol. The van der Waals surface area contributed by atoms with Crippen molar-refractivity contribution in [1.82, 2.24) is 10.0 Å². The fourth-order valence-electron chi connectivity index (χ4n) is 4.37. The number of thioether (sulfide) groups is 1. The Balaban J connectivity index is 1.52. The second-order valence-corrected chi connectivity index (χ2v) is 10.5. The zero-order chi connectivity index (χ0) is 27.1. The van der Waals surface area contributed by atoms with Crippen molar-refractivity contribution in [2.24, 2.45) is 5.10 Å². The molecule has 0 saturated carbocycles. The van der Waals surface area contributed by atoms with E-state index in [1.54, 1.807) is 19.0 Å². The van der Waals surface area contributed by atoms with Crippen LogP contribution in [0.1, 0.15) is 44.7 Å². The maximum Gasteiger partial charge on any atom is 0.429 e. The minimum Gasteiger partial charge on any atom is -0.493 e. The highest BCUT2D eigenvalue weighted by Crippen LogP contribution is 2.31. The number of rotatable bonds is 9. The second kappa shape index (κ2) is 13.0. The molecule has 0 unspecified atom stereocenters. The number of nitrogens with zero attached hydrogens (tertiary/aromatic N) is 4. The average Bonchev–Trinajstić information content (AvgIpc) is 2.91. The van der Waals surface area contributed by atoms with Crippen molar-refractivity contribution in [3.63, 3.8) is 0 Å². The molecule has 4 rings (SSSR count). The van der Waals surface area contributed by atoms with Crippen molar-refractivity contribution < 1.29 is 23.8 Å². The van der Waals surface area contributed by atoms with Gasteiger partial charge in [-0.05, 0) is 56.7 Å². The highest BCUT2D eigenvalue weighted by Gasteiger charge is 2.27. The van der Waals surface area contributed by atoms with E-state index in [4.69, 9.17) is 19.3 Å². The van der Waals surface area contributed by atoms with Gasteiger partial charge in [0.1, 0.15) is 0 Å². The monoisotopic (exact) mass is 540 g/mol. The molecule has 2 aromatic carbocycles. The van der Waals surface area contributed by atoms with Crippen LogP contribution in [0.25, 0.3) is 0 Å². The van der Waals surface area contributed by atoms with Crippen molar-refractivity contribution in [3.05, 3.63) is 53.6 Å². The van der Waals surface area contributed by atoms with Crippen molar-refractivity contribution >= 4 is 35.2 Å². The first kappa shape index (κ1) is 27.8. The van der Waals surface area contributed by atoms with Gasteiger partial charge in [0, 0.05) is 43.0 Å². The molecule has 2 aliphatic rings. The topological polar surface area (TPSA) is 83.9 Å². The summed E-state index contributed by atoms with van der Waals surface area (Å²) in [6, 6.07) is 13.4. The molecule has 2 aromatic rings. The quantitative estimate of drug-likeness (QED) is 0.446. The molecule has 0 atom stereocenters. The van der Waals surface area contributed by atoms with Crippen LogP contribution in [-0.2, 0) is 16.1 Å². The van der Waals surface area contributed by atoms with Gasteiger partial charge in [0.25, 0.3) is 0 Å². The van der Waals surface area contributed by atoms with E-state index in [2.05, 4.69) is 0 Å². The number of anilines is 1. The maximum atomic E-state index is 12.7. The molecule has 1 fully saturated rings. The molecule has 38 heavy (non-hydrogen) atoms. The SMILES string of the molecule is CCOC(=O)N(c1ccc(CN2N=C(c3ccc(OC)c(OC(C)C)c3)CCC2=O)cc1)N1CCSCC1. The van der Waals surface area contributed by atoms with E-state index in [1.165, 1.54) is 5.01 Å². The van der Waals surface area contributed by atoms with Crippen LogP contribution >= 0.6 is 11.8 Å². The summed E-state index contributed by atoms with van der Waals surface area (Å²) in [6.07, 6.45) is 0.562. The van der Waals surface area contributed by atoms with Gasteiger partial charge >= 0.3 is 6.09 Å². The van der Waals surface area contributed by atoms with Crippen LogP contribution < -0.4 is 14.5 Å². The minimum atomic E-state index is -0.382. The van der Waals surface area contributed by atoms with Gasteiger partial charge in [0.15, 0.2) is 11.5 Å². The summed E-state index contributed by atoms with van der Waals surface area (Å²) in [5.41, 5.74) is 3.39. The normalized spacial score (nSPS) is 16.3. The summed E-state index contributed by atoms with van der Waals surface area (Å²) in [6.45, 7) is 7.95. The van der Waals surface area contributed by atoms with Crippen LogP contribution in [-0.4, -0.2) is 72.1 Å². The first-order valence-corrected chi connectivity index (χ1v) is 14.2. The summed E-state index contributed by atoms with van der Waals surface area (Å²) in [4.78, 5) is 25.5. The number of benzene rings is 2. The van der Waals surface area contributed by atoms with Gasteiger partial charge in [-0.1, -0.05) is 12.1 Å². The number of carbonyl (C=O) groups excluding carboxylic acids is 2. The second-order valence-electron chi connectivity index (χ2n) is 9.27. The fraction of sp³-hybridized carbons (Fsp3) is 0.464. The molecule has 1 saturated heterocycles. The molecule has 0 N–H and O–H groups in total. The van der Waals surface area contributed by atoms with Crippen LogP contribution in [0.15, 0.2) is 47.6 Å². The molecule has 10 heteroatoms. The molecule has 204 valence electrons. The molecule has 0 bridgehead atoms. The lowest BCUT2D eigenvalue weighted by molar-refractivity contribution is -0.132. The highest BCUT2D eigenvalue weighted by atomic mass is 32.2. The molecule has 9 nitrogen and oxygen atoms in total. The zero-order valence-corrected chi connectivity index (χ0v) is 23.3. The summed E-state index contributed by atoms with van der Waals surface area (Å²) in [5, 5.41) is 9.87. The molecule has 0 aromatic heterocycles. The smallest absolute Gasteiger partial charge is 0.429 e. The first-order valence-electron chi connectivity index (χ1n) is 13.0. The van der Waals surface area contributed by atoms with Crippen LogP contribution in [0, 0.1) is 0 Å². The van der Waals surface area contributed by atoms with E-state index < -0.39 is 0 Å². The Morgan fingerprint density at radius 1 is 1.08 bits per heavy atom. The van der Waals surface area contributed by atoms with E-state index in [9.17, 15) is 9.59 Å². The van der Waals surface area contributed by atoms with Crippen LogP contribution in [0.3, 0.4) is 0 Å². The molecule has 2 heterocycles. The maximum absolute atomic E-state index is 12.7. The lowest BCUT2D eigenvalue weighted by Crippen LogP contribution is -2.50. The van der Waals surface area contributed by atoms with Gasteiger partial charge in [0.05, 0.1) is 37.8 Å². The largest absolute Gasteiger partial charge is 0.493 e. The van der Waals surface area contributed by atoms with E-state index in [-0.39, 0.29) is 18.1 Å². The number of amides is 2. The van der Waals surface area contributed by atoms with Crippen molar-refractivity contribution in [3.8, 4) is 11.5 Å². The van der Waals surface area contributed by atoms with Gasteiger partial charge in [-0.15, -0.1) is 0 Å². The van der Waals surface area contributed by atoms with Crippen molar-refractivity contribution in [2.75, 3.05) is 43.3 Å². The number of ether oxygens (including phenoxy) is 3. The summed E-state index contributed by atoms with van der Waals surface area (Å²) >= 11 is 1.88. The lowest BCUT2D eigenvalue weighted by atomic mass is 10.0. The van der Waals surface area contributed by atoms with E-state index >= 15 is 0 Å². The predicted octanol–water partition coefficient (Wildman–Crippen LogP) is 4.94. The fourth-order valence-corrected chi connectivity index (χ4v) is 5.26. The zero-order valence-electron chi connectivity index (χ0n) is 22.5. The van der Waals surface area contributed by atoms with Gasteiger partial charge in [-0.25, -0.2) is 19.8 Å². The van der Waals surface area contributed by atoms with E-state index in [0.29, 0.717) is 37.5 Å².